The van der Waals surface area contributed by atoms with Gasteiger partial charge in [-0.25, -0.2) is 4.99 Å². The van der Waals surface area contributed by atoms with E-state index in [1.165, 1.54) is 5.56 Å². The molecule has 4 nitrogen and oxygen atoms in total. The largest absolute Gasteiger partial charge is 0.340 e. The molecule has 154 valence electrons. The number of hydrogen-bond donors (Lipinski definition) is 0. The van der Waals surface area contributed by atoms with Crippen LogP contribution < -0.4 is 0 Å². The third-order valence-electron chi connectivity index (χ3n) is 4.70. The number of nitrogens with zero attached hydrogens (tertiary/aromatic N) is 4. The minimum absolute atomic E-state index is 0.356. The Labute approximate surface area is 180 Å². The molecule has 1 unspecified atom stereocenters. The quantitative estimate of drug-likeness (QED) is 0.398. The number of guanidine groups is 1. The molecule has 1 fully saturated rings. The Morgan fingerprint density at radius 1 is 1.25 bits per heavy atom. The molecule has 0 aliphatic carbocycles. The maximum atomic E-state index is 4.90. The predicted molar refractivity (Wildman–Crippen MR) is 126 cm³/mol. The molecule has 0 N–H and O–H groups in total. The zero-order chi connectivity index (χ0) is 21.1. The van der Waals surface area contributed by atoms with Gasteiger partial charge in [0, 0.05) is 49.7 Å². The van der Waals surface area contributed by atoms with Gasteiger partial charge in [0.1, 0.15) is 0 Å². The Kier molecular flexibility index (Phi) is 11.0. The van der Waals surface area contributed by atoms with Gasteiger partial charge in [0.05, 0.1) is 11.7 Å². The van der Waals surface area contributed by atoms with Gasteiger partial charge in [-0.1, -0.05) is 28.9 Å². The highest BCUT2D eigenvalue weighted by Gasteiger charge is 2.28. The van der Waals surface area contributed by atoms with Gasteiger partial charge >= 0.3 is 0 Å². The Hall–Kier alpha value is -1.77. The molecule has 1 saturated heterocycles. The van der Waals surface area contributed by atoms with Crippen LogP contribution in [0.3, 0.4) is 0 Å². The summed E-state index contributed by atoms with van der Waals surface area (Å²) in [4.78, 5) is 12.0. The first-order chi connectivity index (χ1) is 13.4. The van der Waals surface area contributed by atoms with E-state index in [9.17, 15) is 0 Å². The molecule has 0 bridgehead atoms. The number of likely N-dealkylation sites (N-methyl/N-ethyl adjacent to an activating group) is 1. The fourth-order valence-electron chi connectivity index (χ4n) is 3.01. The molecular weight excluding hydrogens is 412 g/mol. The predicted octanol–water partition coefficient (Wildman–Crippen LogP) is 5.30. The molecule has 1 aromatic rings. The lowest BCUT2D eigenvalue weighted by atomic mass is 10.0. The maximum Gasteiger partial charge on any atom is 0.202 e. The molecule has 0 radical (unpaired) electrons. The van der Waals surface area contributed by atoms with Gasteiger partial charge in [0.15, 0.2) is 0 Å². The van der Waals surface area contributed by atoms with Crippen molar-refractivity contribution in [1.29, 1.82) is 0 Å². The van der Waals surface area contributed by atoms with E-state index in [0.29, 0.717) is 6.04 Å². The summed E-state index contributed by atoms with van der Waals surface area (Å²) in [5, 5.41) is 0. The van der Waals surface area contributed by atoms with E-state index in [-0.39, 0.29) is 0 Å². The van der Waals surface area contributed by atoms with Gasteiger partial charge in [-0.3, -0.25) is 0 Å². The summed E-state index contributed by atoms with van der Waals surface area (Å²) in [6.07, 6.45) is 2.73. The highest BCUT2D eigenvalue weighted by atomic mass is 79.9. The highest BCUT2D eigenvalue weighted by Crippen LogP contribution is 2.36. The van der Waals surface area contributed by atoms with E-state index in [0.717, 1.165) is 48.7 Å². The molecule has 5 heteroatoms. The van der Waals surface area contributed by atoms with Crippen molar-refractivity contribution in [2.24, 2.45) is 4.99 Å². The number of benzene rings is 1. The lowest BCUT2D eigenvalue weighted by molar-refractivity contribution is 0.193. The van der Waals surface area contributed by atoms with Crippen LogP contribution in [-0.2, 0) is 0 Å². The van der Waals surface area contributed by atoms with Crippen molar-refractivity contribution in [2.75, 3.05) is 40.3 Å². The number of allylic oxidation sites excluding steroid dienone is 1. The normalized spacial score (nSPS) is 18.2. The molecule has 0 aromatic heterocycles. The molecule has 1 atom stereocenters. The molecule has 0 spiro atoms. The summed E-state index contributed by atoms with van der Waals surface area (Å²) in [6.45, 7) is 15.7. The first-order valence-electron chi connectivity index (χ1n) is 9.90. The standard InChI is InChI=1S/C15H21BrN4.C5H8.C3H6/c1-11-13-10-12(16)4-5-14(13)17-15(19(11)3)20-8-6-18(2)7-9-20;1-3-5-4-2;1-3-2/h4-5,10-11H,6-9H2,1-3H3;3H2,1-2H3;3H,1H2,2H3. The van der Waals surface area contributed by atoms with Gasteiger partial charge < -0.3 is 14.7 Å². The van der Waals surface area contributed by atoms with Crippen LogP contribution in [0.25, 0.3) is 0 Å². The van der Waals surface area contributed by atoms with Crippen molar-refractivity contribution < 1.29 is 0 Å². The molecule has 3 rings (SSSR count). The van der Waals surface area contributed by atoms with Crippen LogP contribution in [0, 0.1) is 11.8 Å². The van der Waals surface area contributed by atoms with Crippen LogP contribution >= 0.6 is 15.9 Å². The molecule has 28 heavy (non-hydrogen) atoms. The van der Waals surface area contributed by atoms with E-state index >= 15 is 0 Å². The maximum absolute atomic E-state index is 4.90. The summed E-state index contributed by atoms with van der Waals surface area (Å²) in [7, 11) is 4.32. The van der Waals surface area contributed by atoms with Gasteiger partial charge in [-0.2, -0.15) is 0 Å². The van der Waals surface area contributed by atoms with Crippen LogP contribution in [0.4, 0.5) is 5.69 Å². The second-order valence-corrected chi connectivity index (χ2v) is 7.80. The number of aliphatic imine (C=N–C) groups is 1. The third-order valence-corrected chi connectivity index (χ3v) is 5.19. The molecule has 1 aromatic carbocycles. The molecule has 2 heterocycles. The van der Waals surface area contributed by atoms with E-state index in [4.69, 9.17) is 4.99 Å². The van der Waals surface area contributed by atoms with E-state index in [1.54, 1.807) is 6.08 Å². The summed E-state index contributed by atoms with van der Waals surface area (Å²) >= 11 is 3.55. The zero-order valence-electron chi connectivity index (χ0n) is 18.3. The summed E-state index contributed by atoms with van der Waals surface area (Å²) < 4.78 is 1.12. The van der Waals surface area contributed by atoms with E-state index < -0.39 is 0 Å². The van der Waals surface area contributed by atoms with Gasteiger partial charge in [0.25, 0.3) is 0 Å². The molecule has 2 aliphatic rings. The lowest BCUT2D eigenvalue weighted by Crippen LogP contribution is -2.52. The fourth-order valence-corrected chi connectivity index (χ4v) is 3.39. The lowest BCUT2D eigenvalue weighted by Gasteiger charge is -2.42. The number of piperazine rings is 1. The van der Waals surface area contributed by atoms with Crippen LogP contribution in [0.2, 0.25) is 0 Å². The Morgan fingerprint density at radius 2 is 1.86 bits per heavy atom. The number of rotatable bonds is 0. The van der Waals surface area contributed by atoms with Crippen LogP contribution in [0.15, 0.2) is 40.3 Å². The minimum atomic E-state index is 0.356. The SMILES string of the molecule is C=CC.CC#CCC.CC1c2cc(Br)ccc2N=C(N2CCN(C)CC2)N1C. The van der Waals surface area contributed by atoms with Crippen molar-refractivity contribution >= 4 is 27.6 Å². The summed E-state index contributed by atoms with van der Waals surface area (Å²) in [5.74, 6) is 6.74. The number of halogens is 1. The average molecular weight is 447 g/mol. The second kappa shape index (κ2) is 12.6. The van der Waals surface area contributed by atoms with Gasteiger partial charge in [0.2, 0.25) is 5.96 Å². The first-order valence-corrected chi connectivity index (χ1v) is 10.7. The van der Waals surface area contributed by atoms with Crippen molar-refractivity contribution in [3.63, 3.8) is 0 Å². The van der Waals surface area contributed by atoms with Crippen molar-refractivity contribution in [1.82, 2.24) is 14.7 Å². The molecule has 0 amide bonds. The second-order valence-electron chi connectivity index (χ2n) is 6.88. The monoisotopic (exact) mass is 446 g/mol. The first kappa shape index (κ1) is 24.3. The minimum Gasteiger partial charge on any atom is -0.340 e. The topological polar surface area (TPSA) is 22.1 Å². The van der Waals surface area contributed by atoms with Crippen LogP contribution in [0.1, 0.15) is 45.7 Å². The van der Waals surface area contributed by atoms with Crippen LogP contribution in [-0.4, -0.2) is 60.9 Å². The summed E-state index contributed by atoms with van der Waals surface area (Å²) in [6, 6.07) is 6.72. The summed E-state index contributed by atoms with van der Waals surface area (Å²) in [5.41, 5.74) is 2.40. The van der Waals surface area contributed by atoms with E-state index in [1.807, 2.05) is 20.8 Å². The van der Waals surface area contributed by atoms with Gasteiger partial charge in [-0.05, 0) is 46.0 Å². The molecular formula is C23H35BrN4. The van der Waals surface area contributed by atoms with E-state index in [2.05, 4.69) is 88.3 Å². The van der Waals surface area contributed by atoms with Crippen molar-refractivity contribution in [3.8, 4) is 11.8 Å². The highest BCUT2D eigenvalue weighted by molar-refractivity contribution is 9.10. The Bertz CT molecular complexity index is 709. The Balaban J connectivity index is 0.000000421. The van der Waals surface area contributed by atoms with Crippen molar-refractivity contribution in [3.05, 3.63) is 40.9 Å². The zero-order valence-corrected chi connectivity index (χ0v) is 19.9. The van der Waals surface area contributed by atoms with Gasteiger partial charge in [-0.15, -0.1) is 18.4 Å². The Morgan fingerprint density at radius 3 is 2.36 bits per heavy atom. The van der Waals surface area contributed by atoms with Crippen LogP contribution in [0.5, 0.6) is 0 Å². The fraction of sp³-hybridized carbons (Fsp3) is 0.522. The third kappa shape index (κ3) is 7.00. The average Bonchev–Trinajstić information content (AvgIpc) is 2.68. The molecule has 2 aliphatic heterocycles. The number of hydrogen-bond acceptors (Lipinski definition) is 4. The molecule has 0 saturated carbocycles. The van der Waals surface area contributed by atoms with Crippen molar-refractivity contribution in [2.45, 2.75) is 40.2 Å². The number of fused-ring (bicyclic) bond motifs is 1. The smallest absolute Gasteiger partial charge is 0.202 e.